The number of benzene rings is 2. The highest BCUT2D eigenvalue weighted by Crippen LogP contribution is 2.30. The zero-order valence-corrected chi connectivity index (χ0v) is 15.7. The standard InChI is InChI=1S/C18H20ClN3.2ClH/c19-10-13-20-11-5-12-21-18-14-6-1-3-8-16(14)22-17-9-4-2-7-15(17)18;;/h1-4,6-9,20H,5,10-13H2,(H,21,22);2*1H. The second kappa shape index (κ2) is 10.6. The Morgan fingerprint density at radius 1 is 0.792 bits per heavy atom. The number of nitrogens with zero attached hydrogens (tertiary/aromatic N) is 1. The van der Waals surface area contributed by atoms with Crippen LogP contribution in [0.1, 0.15) is 6.42 Å². The first-order valence-corrected chi connectivity index (χ1v) is 8.21. The highest BCUT2D eigenvalue weighted by atomic mass is 35.5. The number of nitrogens with one attached hydrogen (secondary N) is 2. The lowest BCUT2D eigenvalue weighted by Crippen LogP contribution is -2.20. The van der Waals surface area contributed by atoms with Crippen LogP contribution in [0.4, 0.5) is 5.69 Å². The fourth-order valence-electron chi connectivity index (χ4n) is 2.65. The van der Waals surface area contributed by atoms with Crippen molar-refractivity contribution in [2.45, 2.75) is 6.42 Å². The molecule has 0 bridgehead atoms. The number of anilines is 1. The molecule has 3 aromatic rings. The molecule has 1 aromatic heterocycles. The molecule has 0 fully saturated rings. The summed E-state index contributed by atoms with van der Waals surface area (Å²) in [4.78, 5) is 4.74. The van der Waals surface area contributed by atoms with E-state index in [4.69, 9.17) is 16.6 Å². The molecule has 0 atom stereocenters. The van der Waals surface area contributed by atoms with Crippen molar-refractivity contribution in [2.24, 2.45) is 0 Å². The summed E-state index contributed by atoms with van der Waals surface area (Å²) >= 11 is 5.66. The summed E-state index contributed by atoms with van der Waals surface area (Å²) in [6.07, 6.45) is 1.06. The van der Waals surface area contributed by atoms with Crippen molar-refractivity contribution in [3.05, 3.63) is 48.5 Å². The molecule has 2 N–H and O–H groups in total. The van der Waals surface area contributed by atoms with Gasteiger partial charge in [0.2, 0.25) is 0 Å². The molecule has 0 aliphatic heterocycles. The van der Waals surface area contributed by atoms with E-state index < -0.39 is 0 Å². The highest BCUT2D eigenvalue weighted by molar-refractivity contribution is 6.18. The van der Waals surface area contributed by atoms with Gasteiger partial charge < -0.3 is 10.6 Å². The molecule has 0 amide bonds. The Labute approximate surface area is 160 Å². The summed E-state index contributed by atoms with van der Waals surface area (Å²) in [5.41, 5.74) is 3.24. The van der Waals surface area contributed by atoms with Gasteiger partial charge in [-0.2, -0.15) is 0 Å². The highest BCUT2D eigenvalue weighted by Gasteiger charge is 2.07. The average Bonchev–Trinajstić information content (AvgIpc) is 2.57. The molecule has 0 aliphatic rings. The van der Waals surface area contributed by atoms with Gasteiger partial charge >= 0.3 is 0 Å². The van der Waals surface area contributed by atoms with Gasteiger partial charge in [-0.05, 0) is 25.1 Å². The molecule has 2 aromatic carbocycles. The van der Waals surface area contributed by atoms with Crippen LogP contribution in [-0.2, 0) is 0 Å². The Bertz CT molecular complexity index is 711. The van der Waals surface area contributed by atoms with Crippen LogP contribution < -0.4 is 10.6 Å². The summed E-state index contributed by atoms with van der Waals surface area (Å²) in [7, 11) is 0. The number of rotatable bonds is 7. The SMILES string of the molecule is Cl.Cl.ClCCNCCCNc1c2ccccc2nc2ccccc12. The van der Waals surface area contributed by atoms with Gasteiger partial charge in [-0.3, -0.25) is 0 Å². The third kappa shape index (κ3) is 4.87. The average molecular weight is 387 g/mol. The first-order valence-electron chi connectivity index (χ1n) is 7.68. The Balaban J connectivity index is 0.00000144. The quantitative estimate of drug-likeness (QED) is 0.346. The maximum Gasteiger partial charge on any atom is 0.0730 e. The van der Waals surface area contributed by atoms with Crippen molar-refractivity contribution in [3.8, 4) is 0 Å². The van der Waals surface area contributed by atoms with Crippen LogP contribution in [0.2, 0.25) is 0 Å². The number of pyridine rings is 1. The molecule has 0 saturated heterocycles. The van der Waals surface area contributed by atoms with E-state index in [1.807, 2.05) is 12.1 Å². The summed E-state index contributed by atoms with van der Waals surface area (Å²) < 4.78 is 0. The molecule has 0 spiro atoms. The van der Waals surface area contributed by atoms with Crippen LogP contribution in [0, 0.1) is 0 Å². The lowest BCUT2D eigenvalue weighted by molar-refractivity contribution is 0.691. The van der Waals surface area contributed by atoms with Crippen molar-refractivity contribution < 1.29 is 0 Å². The Hall–Kier alpha value is -1.26. The molecular formula is C18H22Cl3N3. The minimum atomic E-state index is 0. The van der Waals surface area contributed by atoms with E-state index >= 15 is 0 Å². The lowest BCUT2D eigenvalue weighted by Gasteiger charge is -2.13. The maximum absolute atomic E-state index is 5.66. The Morgan fingerprint density at radius 2 is 1.38 bits per heavy atom. The zero-order chi connectivity index (χ0) is 15.2. The molecular weight excluding hydrogens is 365 g/mol. The number of halogens is 3. The van der Waals surface area contributed by atoms with E-state index in [2.05, 4.69) is 47.0 Å². The molecule has 0 unspecified atom stereocenters. The zero-order valence-electron chi connectivity index (χ0n) is 13.3. The topological polar surface area (TPSA) is 37.0 Å². The van der Waals surface area contributed by atoms with Crippen molar-refractivity contribution in [3.63, 3.8) is 0 Å². The molecule has 1 heterocycles. The number of aromatic nitrogens is 1. The Kier molecular flexibility index (Phi) is 9.16. The van der Waals surface area contributed by atoms with E-state index in [1.54, 1.807) is 0 Å². The second-order valence-corrected chi connectivity index (χ2v) is 5.62. The van der Waals surface area contributed by atoms with Gasteiger partial charge in [0.15, 0.2) is 0 Å². The van der Waals surface area contributed by atoms with Gasteiger partial charge in [-0.25, -0.2) is 4.98 Å². The molecule has 0 aliphatic carbocycles. The van der Waals surface area contributed by atoms with Crippen LogP contribution >= 0.6 is 36.4 Å². The molecule has 130 valence electrons. The minimum absolute atomic E-state index is 0. The van der Waals surface area contributed by atoms with Crippen LogP contribution in [-0.4, -0.2) is 30.5 Å². The first kappa shape index (κ1) is 20.8. The minimum Gasteiger partial charge on any atom is -0.384 e. The molecule has 0 saturated carbocycles. The van der Waals surface area contributed by atoms with Gasteiger partial charge in [0, 0.05) is 29.7 Å². The monoisotopic (exact) mass is 385 g/mol. The van der Waals surface area contributed by atoms with Gasteiger partial charge in [-0.1, -0.05) is 36.4 Å². The number of fused-ring (bicyclic) bond motifs is 2. The van der Waals surface area contributed by atoms with Crippen LogP contribution in [0.5, 0.6) is 0 Å². The number of hydrogen-bond acceptors (Lipinski definition) is 3. The second-order valence-electron chi connectivity index (χ2n) is 5.24. The molecule has 6 heteroatoms. The van der Waals surface area contributed by atoms with Crippen LogP contribution in [0.3, 0.4) is 0 Å². The lowest BCUT2D eigenvalue weighted by atomic mass is 10.1. The molecule has 24 heavy (non-hydrogen) atoms. The van der Waals surface area contributed by atoms with E-state index in [1.165, 1.54) is 16.5 Å². The van der Waals surface area contributed by atoms with E-state index in [0.717, 1.165) is 37.1 Å². The van der Waals surface area contributed by atoms with Crippen LogP contribution in [0.15, 0.2) is 48.5 Å². The van der Waals surface area contributed by atoms with Gasteiger partial charge in [-0.15, -0.1) is 36.4 Å². The van der Waals surface area contributed by atoms with Gasteiger partial charge in [0.1, 0.15) is 0 Å². The van der Waals surface area contributed by atoms with Crippen molar-refractivity contribution in [2.75, 3.05) is 30.8 Å². The predicted octanol–water partition coefficient (Wildman–Crippen LogP) is 4.86. The number of hydrogen-bond donors (Lipinski definition) is 2. The largest absolute Gasteiger partial charge is 0.384 e. The summed E-state index contributed by atoms with van der Waals surface area (Å²) in [5.74, 6) is 0.660. The predicted molar refractivity (Wildman–Crippen MR) is 110 cm³/mol. The summed E-state index contributed by atoms with van der Waals surface area (Å²) in [6, 6.07) is 16.6. The maximum atomic E-state index is 5.66. The summed E-state index contributed by atoms with van der Waals surface area (Å²) in [5, 5.41) is 9.26. The van der Waals surface area contributed by atoms with Crippen molar-refractivity contribution >= 4 is 63.9 Å². The van der Waals surface area contributed by atoms with E-state index in [0.29, 0.717) is 5.88 Å². The van der Waals surface area contributed by atoms with Crippen molar-refractivity contribution in [1.29, 1.82) is 0 Å². The molecule has 0 radical (unpaired) electrons. The van der Waals surface area contributed by atoms with Gasteiger partial charge in [0.25, 0.3) is 0 Å². The van der Waals surface area contributed by atoms with Gasteiger partial charge in [0.05, 0.1) is 16.7 Å². The van der Waals surface area contributed by atoms with Crippen LogP contribution in [0.25, 0.3) is 21.8 Å². The molecule has 3 nitrogen and oxygen atoms in total. The third-order valence-electron chi connectivity index (χ3n) is 3.69. The number of para-hydroxylation sites is 2. The molecule has 3 rings (SSSR count). The Morgan fingerprint density at radius 3 is 1.96 bits per heavy atom. The number of alkyl halides is 1. The fraction of sp³-hybridized carbons (Fsp3) is 0.278. The van der Waals surface area contributed by atoms with Crippen molar-refractivity contribution in [1.82, 2.24) is 10.3 Å². The summed E-state index contributed by atoms with van der Waals surface area (Å²) in [6.45, 7) is 2.76. The smallest absolute Gasteiger partial charge is 0.0730 e. The van der Waals surface area contributed by atoms with E-state index in [-0.39, 0.29) is 24.8 Å². The first-order chi connectivity index (χ1) is 10.9. The third-order valence-corrected chi connectivity index (χ3v) is 3.88. The normalized spacial score (nSPS) is 10.2. The van der Waals surface area contributed by atoms with E-state index in [9.17, 15) is 0 Å². The fourth-order valence-corrected chi connectivity index (χ4v) is 2.78.